The predicted molar refractivity (Wildman–Crippen MR) is 82.1 cm³/mol. The summed E-state index contributed by atoms with van der Waals surface area (Å²) >= 11 is 0. The summed E-state index contributed by atoms with van der Waals surface area (Å²) in [5, 5.41) is 22.5. The highest BCUT2D eigenvalue weighted by molar-refractivity contribution is 5.96. The SMILES string of the molecule is O=C(N[C@H](Cc1ccccc1[N+](=O)[O-])C(=O)O)c1cccc(F)c1. The van der Waals surface area contributed by atoms with E-state index in [1.54, 1.807) is 0 Å². The molecule has 7 nitrogen and oxygen atoms in total. The second-order valence-electron chi connectivity index (χ2n) is 4.96. The lowest BCUT2D eigenvalue weighted by Crippen LogP contribution is -2.42. The Morgan fingerprint density at radius 2 is 1.92 bits per heavy atom. The third-order valence-corrected chi connectivity index (χ3v) is 3.30. The molecular weight excluding hydrogens is 319 g/mol. The van der Waals surface area contributed by atoms with Crippen LogP contribution in [0.4, 0.5) is 10.1 Å². The molecule has 1 atom stereocenters. The molecule has 2 rings (SSSR count). The second-order valence-corrected chi connectivity index (χ2v) is 4.96. The molecule has 0 aliphatic heterocycles. The van der Waals surface area contributed by atoms with Crippen LogP contribution in [-0.4, -0.2) is 27.9 Å². The molecule has 0 spiro atoms. The highest BCUT2D eigenvalue weighted by Gasteiger charge is 2.24. The van der Waals surface area contributed by atoms with Gasteiger partial charge in [-0.1, -0.05) is 24.3 Å². The number of halogens is 1. The summed E-state index contributed by atoms with van der Waals surface area (Å²) in [6.45, 7) is 0. The molecule has 0 heterocycles. The van der Waals surface area contributed by atoms with Gasteiger partial charge in [-0.05, 0) is 18.2 Å². The van der Waals surface area contributed by atoms with Gasteiger partial charge in [-0.2, -0.15) is 0 Å². The lowest BCUT2D eigenvalue weighted by atomic mass is 10.0. The first-order valence-corrected chi connectivity index (χ1v) is 6.90. The Morgan fingerprint density at radius 3 is 2.54 bits per heavy atom. The maximum atomic E-state index is 13.1. The Hall–Kier alpha value is -3.29. The van der Waals surface area contributed by atoms with Crippen molar-refractivity contribution in [3.05, 3.63) is 75.6 Å². The Kier molecular flexibility index (Phi) is 5.20. The smallest absolute Gasteiger partial charge is 0.326 e. The Labute approximate surface area is 135 Å². The van der Waals surface area contributed by atoms with Crippen LogP contribution >= 0.6 is 0 Å². The number of nitrogens with one attached hydrogen (secondary N) is 1. The number of amides is 1. The van der Waals surface area contributed by atoms with E-state index in [0.717, 1.165) is 12.1 Å². The van der Waals surface area contributed by atoms with E-state index in [0.29, 0.717) is 0 Å². The topological polar surface area (TPSA) is 110 Å². The van der Waals surface area contributed by atoms with Crippen LogP contribution in [-0.2, 0) is 11.2 Å². The summed E-state index contributed by atoms with van der Waals surface area (Å²) < 4.78 is 13.1. The first-order chi connectivity index (χ1) is 11.4. The lowest BCUT2D eigenvalue weighted by Gasteiger charge is -2.15. The normalized spacial score (nSPS) is 11.5. The number of nitrogens with zero attached hydrogens (tertiary/aromatic N) is 1. The van der Waals surface area contributed by atoms with Gasteiger partial charge < -0.3 is 10.4 Å². The maximum Gasteiger partial charge on any atom is 0.326 e. The van der Waals surface area contributed by atoms with Crippen LogP contribution in [0.15, 0.2) is 48.5 Å². The molecule has 0 fully saturated rings. The molecule has 0 aliphatic rings. The average Bonchev–Trinajstić information content (AvgIpc) is 2.54. The highest BCUT2D eigenvalue weighted by Crippen LogP contribution is 2.19. The number of aliphatic carboxylic acids is 1. The first-order valence-electron chi connectivity index (χ1n) is 6.90. The van der Waals surface area contributed by atoms with E-state index in [2.05, 4.69) is 5.32 Å². The minimum Gasteiger partial charge on any atom is -0.480 e. The number of carbonyl (C=O) groups is 2. The van der Waals surface area contributed by atoms with Crippen LogP contribution in [0.3, 0.4) is 0 Å². The fraction of sp³-hybridized carbons (Fsp3) is 0.125. The first kappa shape index (κ1) is 17.1. The molecule has 0 radical (unpaired) electrons. The summed E-state index contributed by atoms with van der Waals surface area (Å²) in [6, 6.07) is 9.06. The van der Waals surface area contributed by atoms with Gasteiger partial charge >= 0.3 is 5.97 Å². The summed E-state index contributed by atoms with van der Waals surface area (Å²) in [5.41, 5.74) is -0.0954. The van der Waals surface area contributed by atoms with Gasteiger partial charge in [-0.3, -0.25) is 14.9 Å². The number of nitro benzene ring substituents is 1. The van der Waals surface area contributed by atoms with Crippen LogP contribution in [0.25, 0.3) is 0 Å². The molecule has 2 aromatic rings. The van der Waals surface area contributed by atoms with Crippen molar-refractivity contribution >= 4 is 17.6 Å². The van der Waals surface area contributed by atoms with Crippen LogP contribution in [0.5, 0.6) is 0 Å². The number of hydrogen-bond donors (Lipinski definition) is 2. The molecule has 2 N–H and O–H groups in total. The van der Waals surface area contributed by atoms with Gasteiger partial charge in [-0.15, -0.1) is 0 Å². The van der Waals surface area contributed by atoms with Gasteiger partial charge in [0.05, 0.1) is 4.92 Å². The van der Waals surface area contributed by atoms with Gasteiger partial charge in [0.1, 0.15) is 11.9 Å². The number of carboxylic acid groups (broad SMARTS) is 1. The summed E-state index contributed by atoms with van der Waals surface area (Å²) in [5.74, 6) is -2.76. The largest absolute Gasteiger partial charge is 0.480 e. The number of benzene rings is 2. The van der Waals surface area contributed by atoms with Crippen LogP contribution in [0, 0.1) is 15.9 Å². The highest BCUT2D eigenvalue weighted by atomic mass is 19.1. The standard InChI is InChI=1S/C16H13FN2O5/c17-12-6-3-5-11(8-12)15(20)18-13(16(21)22)9-10-4-1-2-7-14(10)19(23)24/h1-8,13H,9H2,(H,18,20)(H,21,22)/t13-/m1/s1. The number of nitro groups is 1. The lowest BCUT2D eigenvalue weighted by molar-refractivity contribution is -0.385. The average molecular weight is 332 g/mol. The zero-order valence-electron chi connectivity index (χ0n) is 12.3. The van der Waals surface area contributed by atoms with Crippen LogP contribution < -0.4 is 5.32 Å². The van der Waals surface area contributed by atoms with E-state index in [1.807, 2.05) is 0 Å². The Bertz CT molecular complexity index is 794. The quantitative estimate of drug-likeness (QED) is 0.622. The van der Waals surface area contributed by atoms with Crippen molar-refractivity contribution < 1.29 is 24.0 Å². The van der Waals surface area contributed by atoms with E-state index >= 15 is 0 Å². The van der Waals surface area contributed by atoms with Gasteiger partial charge in [0.2, 0.25) is 0 Å². The summed E-state index contributed by atoms with van der Waals surface area (Å²) in [4.78, 5) is 33.8. The molecule has 24 heavy (non-hydrogen) atoms. The summed E-state index contributed by atoms with van der Waals surface area (Å²) in [7, 11) is 0. The van der Waals surface area contributed by atoms with Gasteiger partial charge in [0.25, 0.3) is 11.6 Å². The molecule has 2 aromatic carbocycles. The van der Waals surface area contributed by atoms with Crippen molar-refractivity contribution in [2.45, 2.75) is 12.5 Å². The third-order valence-electron chi connectivity index (χ3n) is 3.30. The maximum absolute atomic E-state index is 13.1. The summed E-state index contributed by atoms with van der Waals surface area (Å²) in [6.07, 6.45) is -0.270. The fourth-order valence-corrected chi connectivity index (χ4v) is 2.15. The molecular formula is C16H13FN2O5. The number of rotatable bonds is 6. The van der Waals surface area contributed by atoms with Crippen molar-refractivity contribution in [3.8, 4) is 0 Å². The van der Waals surface area contributed by atoms with E-state index in [-0.39, 0.29) is 23.2 Å². The van der Waals surface area contributed by atoms with Gasteiger partial charge in [0, 0.05) is 23.6 Å². The van der Waals surface area contributed by atoms with Gasteiger partial charge in [0.15, 0.2) is 0 Å². The zero-order chi connectivity index (χ0) is 17.7. The van der Waals surface area contributed by atoms with Crippen molar-refractivity contribution in [1.29, 1.82) is 0 Å². The van der Waals surface area contributed by atoms with Crippen molar-refractivity contribution in [2.75, 3.05) is 0 Å². The molecule has 0 unspecified atom stereocenters. The molecule has 1 amide bonds. The molecule has 0 bridgehead atoms. The van der Waals surface area contributed by atoms with Gasteiger partial charge in [-0.25, -0.2) is 9.18 Å². The van der Waals surface area contributed by atoms with Crippen LogP contribution in [0.2, 0.25) is 0 Å². The second kappa shape index (κ2) is 7.32. The fourth-order valence-electron chi connectivity index (χ4n) is 2.15. The molecule has 124 valence electrons. The number of carbonyl (C=O) groups excluding carboxylic acids is 1. The molecule has 0 aliphatic carbocycles. The molecule has 8 heteroatoms. The minimum absolute atomic E-state index is 0.0381. The predicted octanol–water partition coefficient (Wildman–Crippen LogP) is 2.16. The number of hydrogen-bond acceptors (Lipinski definition) is 4. The zero-order valence-corrected chi connectivity index (χ0v) is 12.3. The van der Waals surface area contributed by atoms with Crippen molar-refractivity contribution in [1.82, 2.24) is 5.32 Å². The Morgan fingerprint density at radius 1 is 1.21 bits per heavy atom. The van der Waals surface area contributed by atoms with E-state index in [1.165, 1.54) is 36.4 Å². The number of carboxylic acids is 1. The van der Waals surface area contributed by atoms with E-state index in [4.69, 9.17) is 0 Å². The van der Waals surface area contributed by atoms with E-state index in [9.17, 15) is 29.2 Å². The van der Waals surface area contributed by atoms with Crippen molar-refractivity contribution in [2.24, 2.45) is 0 Å². The number of para-hydroxylation sites is 1. The van der Waals surface area contributed by atoms with Crippen molar-refractivity contribution in [3.63, 3.8) is 0 Å². The molecule has 0 saturated heterocycles. The minimum atomic E-state index is -1.39. The Balaban J connectivity index is 2.20. The van der Waals surface area contributed by atoms with Crippen LogP contribution in [0.1, 0.15) is 15.9 Å². The molecule has 0 saturated carbocycles. The molecule has 0 aromatic heterocycles. The third kappa shape index (κ3) is 4.13. The van der Waals surface area contributed by atoms with E-state index < -0.39 is 28.7 Å². The monoisotopic (exact) mass is 332 g/mol.